The highest BCUT2D eigenvalue weighted by Crippen LogP contribution is 2.31. The molecule has 100 valence electrons. The number of methoxy groups -OCH3 is 1. The van der Waals surface area contributed by atoms with Crippen LogP contribution in [0.1, 0.15) is 20.3 Å². The van der Waals surface area contributed by atoms with Crippen molar-refractivity contribution in [2.45, 2.75) is 49.8 Å². The van der Waals surface area contributed by atoms with Gasteiger partial charge in [-0.2, -0.15) is 0 Å². The van der Waals surface area contributed by atoms with Crippen LogP contribution in [0.3, 0.4) is 0 Å². The number of carbonyl (C=O) groups excluding carboxylic acids is 1. The summed E-state index contributed by atoms with van der Waals surface area (Å²) in [5.41, 5.74) is 0. The minimum Gasteiger partial charge on any atom is -0.468 e. The van der Waals surface area contributed by atoms with Gasteiger partial charge in [0, 0.05) is 0 Å². The lowest BCUT2D eigenvalue weighted by molar-refractivity contribution is -0.145. The van der Waals surface area contributed by atoms with E-state index in [2.05, 4.69) is 35.6 Å². The summed E-state index contributed by atoms with van der Waals surface area (Å²) in [7, 11) is -0.422. The highest BCUT2D eigenvalue weighted by molar-refractivity contribution is 9.10. The zero-order chi connectivity index (χ0) is 13.7. The quantitative estimate of drug-likeness (QED) is 0.311. The number of halogens is 1. The summed E-state index contributed by atoms with van der Waals surface area (Å²) in [6.07, 6.45) is 2.45. The average molecular weight is 323 g/mol. The normalized spacial score (nSPS) is 17.1. The zero-order valence-electron chi connectivity index (χ0n) is 11.4. The van der Waals surface area contributed by atoms with Gasteiger partial charge in [0.25, 0.3) is 0 Å². The second kappa shape index (κ2) is 6.71. The number of allylic oxidation sites excluding steroid dienone is 1. The number of alkyl halides is 1. The molecule has 0 N–H and O–H groups in total. The molecule has 3 nitrogen and oxygen atoms in total. The van der Waals surface area contributed by atoms with Crippen molar-refractivity contribution < 1.29 is 14.0 Å². The van der Waals surface area contributed by atoms with E-state index in [1.807, 2.05) is 13.0 Å². The summed E-state index contributed by atoms with van der Waals surface area (Å²) in [5.74, 6) is -0.298. The lowest BCUT2D eigenvalue weighted by Crippen LogP contribution is -2.48. The molecule has 0 spiro atoms. The highest BCUT2D eigenvalue weighted by atomic mass is 79.9. The molecule has 2 atom stereocenters. The van der Waals surface area contributed by atoms with Gasteiger partial charge in [-0.3, -0.25) is 4.79 Å². The minimum absolute atomic E-state index is 0.184. The van der Waals surface area contributed by atoms with Crippen LogP contribution in [0.25, 0.3) is 0 Å². The van der Waals surface area contributed by atoms with Crippen molar-refractivity contribution in [3.8, 4) is 0 Å². The molecule has 0 heterocycles. The molecule has 0 aliphatic rings. The van der Waals surface area contributed by atoms with E-state index in [4.69, 9.17) is 9.16 Å². The number of hydrogen-bond donors (Lipinski definition) is 0. The number of rotatable bonds is 7. The largest absolute Gasteiger partial charge is 0.468 e. The Balaban J connectivity index is 4.84. The van der Waals surface area contributed by atoms with Crippen molar-refractivity contribution in [2.24, 2.45) is 0 Å². The Bertz CT molecular complexity index is 277. The lowest BCUT2D eigenvalue weighted by atomic mass is 10.0. The fourth-order valence-electron chi connectivity index (χ4n) is 1.69. The molecule has 1 unspecified atom stereocenters. The van der Waals surface area contributed by atoms with Gasteiger partial charge in [0.15, 0.2) is 8.32 Å². The number of ether oxygens (including phenoxy) is 1. The van der Waals surface area contributed by atoms with Crippen molar-refractivity contribution in [3.63, 3.8) is 0 Å². The van der Waals surface area contributed by atoms with Crippen LogP contribution in [-0.2, 0) is 14.0 Å². The summed E-state index contributed by atoms with van der Waals surface area (Å²) >= 11 is 3.43. The third-order valence-electron chi connectivity index (χ3n) is 2.66. The van der Waals surface area contributed by atoms with Crippen molar-refractivity contribution in [3.05, 3.63) is 12.7 Å². The standard InChI is InChI=1S/C12H23BrO3Si/c1-7-9-17(5,6)16-10(8-2)12(3,13)11(14)15-4/h7,10H,1,8-9H2,2-6H3/t10-,12?/m0/s1. The van der Waals surface area contributed by atoms with Gasteiger partial charge in [-0.25, -0.2) is 0 Å². The topological polar surface area (TPSA) is 35.5 Å². The zero-order valence-corrected chi connectivity index (χ0v) is 14.0. The first-order valence-electron chi connectivity index (χ1n) is 5.77. The van der Waals surface area contributed by atoms with Crippen molar-refractivity contribution >= 4 is 30.2 Å². The Morgan fingerprint density at radius 3 is 2.47 bits per heavy atom. The molecule has 0 aromatic rings. The average Bonchev–Trinajstić information content (AvgIpc) is 2.24. The molecular weight excluding hydrogens is 300 g/mol. The summed E-state index contributed by atoms with van der Waals surface area (Å²) in [5, 5.41) is 0. The Kier molecular flexibility index (Phi) is 6.65. The van der Waals surface area contributed by atoms with Gasteiger partial charge in [-0.15, -0.1) is 6.58 Å². The molecule has 0 aliphatic heterocycles. The molecule has 0 radical (unpaired) electrons. The van der Waals surface area contributed by atoms with Gasteiger partial charge < -0.3 is 9.16 Å². The molecule has 0 rings (SSSR count). The molecule has 0 saturated heterocycles. The lowest BCUT2D eigenvalue weighted by Gasteiger charge is -2.35. The van der Waals surface area contributed by atoms with E-state index in [1.165, 1.54) is 7.11 Å². The Hall–Kier alpha value is -0.133. The van der Waals surface area contributed by atoms with E-state index in [0.29, 0.717) is 0 Å². The van der Waals surface area contributed by atoms with Crippen LogP contribution in [0.15, 0.2) is 12.7 Å². The third-order valence-corrected chi connectivity index (χ3v) is 5.69. The molecule has 0 amide bonds. The molecule has 0 aliphatic carbocycles. The van der Waals surface area contributed by atoms with Gasteiger partial charge in [-0.1, -0.05) is 28.9 Å². The van der Waals surface area contributed by atoms with E-state index in [-0.39, 0.29) is 12.1 Å². The van der Waals surface area contributed by atoms with Crippen LogP contribution in [0, 0.1) is 0 Å². The minimum atomic E-state index is -1.81. The summed E-state index contributed by atoms with van der Waals surface area (Å²) < 4.78 is 10.1. The number of hydrogen-bond acceptors (Lipinski definition) is 3. The van der Waals surface area contributed by atoms with Gasteiger partial charge in [0.2, 0.25) is 0 Å². The second-order valence-corrected chi connectivity index (χ2v) is 10.6. The van der Waals surface area contributed by atoms with Gasteiger partial charge >= 0.3 is 5.97 Å². The van der Waals surface area contributed by atoms with Crippen LogP contribution in [0.5, 0.6) is 0 Å². The molecule has 0 saturated carbocycles. The molecule has 0 aromatic carbocycles. The van der Waals surface area contributed by atoms with Crippen LogP contribution in [-0.4, -0.2) is 31.8 Å². The van der Waals surface area contributed by atoms with Crippen molar-refractivity contribution in [2.75, 3.05) is 7.11 Å². The van der Waals surface area contributed by atoms with Crippen LogP contribution in [0.4, 0.5) is 0 Å². The first-order valence-corrected chi connectivity index (χ1v) is 9.68. The number of carbonyl (C=O) groups is 1. The predicted molar refractivity (Wildman–Crippen MR) is 77.0 cm³/mol. The van der Waals surface area contributed by atoms with E-state index >= 15 is 0 Å². The SMILES string of the molecule is C=CC[Si](C)(C)O[C@@H](CC)C(C)(Br)C(=O)OC. The van der Waals surface area contributed by atoms with Crippen LogP contribution >= 0.6 is 15.9 Å². The monoisotopic (exact) mass is 322 g/mol. The van der Waals surface area contributed by atoms with Gasteiger partial charge in [-0.05, 0) is 32.5 Å². The maximum absolute atomic E-state index is 11.7. The van der Waals surface area contributed by atoms with Crippen LogP contribution in [0.2, 0.25) is 19.1 Å². The van der Waals surface area contributed by atoms with Crippen LogP contribution < -0.4 is 0 Å². The molecule has 0 aromatic heterocycles. The second-order valence-electron chi connectivity index (χ2n) is 4.83. The highest BCUT2D eigenvalue weighted by Gasteiger charge is 2.42. The third kappa shape index (κ3) is 4.93. The molecule has 0 fully saturated rings. The summed E-state index contributed by atoms with van der Waals surface area (Å²) in [6, 6.07) is 0.869. The molecule has 0 bridgehead atoms. The van der Waals surface area contributed by atoms with E-state index in [1.54, 1.807) is 6.92 Å². The Labute approximate surface area is 114 Å². The van der Waals surface area contributed by atoms with Gasteiger partial charge in [0.05, 0.1) is 13.2 Å². The smallest absolute Gasteiger partial charge is 0.324 e. The molecule has 17 heavy (non-hydrogen) atoms. The first-order chi connectivity index (χ1) is 7.71. The predicted octanol–water partition coefficient (Wildman–Crippen LogP) is 3.50. The van der Waals surface area contributed by atoms with Gasteiger partial charge in [0.1, 0.15) is 4.32 Å². The fourth-order valence-corrected chi connectivity index (χ4v) is 4.40. The fraction of sp³-hybridized carbons (Fsp3) is 0.750. The maximum atomic E-state index is 11.7. The summed E-state index contributed by atoms with van der Waals surface area (Å²) in [6.45, 7) is 11.8. The molecular formula is C12H23BrO3Si. The van der Waals surface area contributed by atoms with E-state index in [9.17, 15) is 4.79 Å². The first kappa shape index (κ1) is 16.9. The Morgan fingerprint density at radius 2 is 2.12 bits per heavy atom. The summed E-state index contributed by atoms with van der Waals surface area (Å²) in [4.78, 5) is 11.7. The van der Waals surface area contributed by atoms with Crippen molar-refractivity contribution in [1.29, 1.82) is 0 Å². The van der Waals surface area contributed by atoms with Crippen molar-refractivity contribution in [1.82, 2.24) is 0 Å². The molecule has 5 heteroatoms. The van der Waals surface area contributed by atoms with E-state index < -0.39 is 12.6 Å². The number of esters is 1. The maximum Gasteiger partial charge on any atom is 0.324 e. The Morgan fingerprint density at radius 1 is 1.59 bits per heavy atom. The van der Waals surface area contributed by atoms with E-state index in [0.717, 1.165) is 12.5 Å².